The molecule has 8 nitrogen and oxygen atoms in total. The third-order valence-electron chi connectivity index (χ3n) is 3.53. The number of hydrogen-bond donors (Lipinski definition) is 1. The average Bonchev–Trinajstić information content (AvgIpc) is 2.67. The van der Waals surface area contributed by atoms with Crippen molar-refractivity contribution in [3.8, 4) is 28.8 Å². The Hall–Kier alpha value is -2.70. The van der Waals surface area contributed by atoms with Crippen LogP contribution < -0.4 is 15.0 Å². The molecule has 1 N–H and O–H groups in total. The van der Waals surface area contributed by atoms with Crippen molar-refractivity contribution < 1.29 is 19.0 Å². The Labute approximate surface area is 164 Å². The van der Waals surface area contributed by atoms with E-state index >= 15 is 0 Å². The number of aromatic amines is 1. The van der Waals surface area contributed by atoms with Gasteiger partial charge < -0.3 is 19.2 Å². The highest BCUT2D eigenvalue weighted by molar-refractivity contribution is 7.98. The molecule has 10 heteroatoms. The van der Waals surface area contributed by atoms with E-state index in [4.69, 9.17) is 21.1 Å². The summed E-state index contributed by atoms with van der Waals surface area (Å²) in [7, 11) is 2.64. The third-order valence-corrected chi connectivity index (χ3v) is 4.39. The number of carbonyl (C=O) groups excluding carboxylic acids is 1. The standard InChI is InChI=1S/C17H16ClN3O5S/c1-8(16(23)25-3)26-14-11(18)5-9(6-12(14)24-2)13-10(7-19)15(22)21-17(20-13)27-4/h5-6,8H,1-4H3,(H,20,21,22). The molecule has 0 fully saturated rings. The van der Waals surface area contributed by atoms with E-state index in [-0.39, 0.29) is 27.8 Å². The number of aromatic nitrogens is 2. The topological polar surface area (TPSA) is 114 Å². The highest BCUT2D eigenvalue weighted by Gasteiger charge is 2.22. The molecule has 0 bridgehead atoms. The molecule has 142 valence electrons. The highest BCUT2D eigenvalue weighted by Crippen LogP contribution is 2.40. The summed E-state index contributed by atoms with van der Waals surface area (Å²) in [6.07, 6.45) is 0.829. The zero-order valence-electron chi connectivity index (χ0n) is 15.0. The molecule has 2 rings (SSSR count). The van der Waals surface area contributed by atoms with Gasteiger partial charge in [-0.15, -0.1) is 0 Å². The van der Waals surface area contributed by atoms with Crippen molar-refractivity contribution in [3.63, 3.8) is 0 Å². The number of nitrogens with zero attached hydrogens (tertiary/aromatic N) is 2. The third kappa shape index (κ3) is 4.35. The van der Waals surface area contributed by atoms with E-state index < -0.39 is 17.6 Å². The molecule has 27 heavy (non-hydrogen) atoms. The molecule has 0 spiro atoms. The van der Waals surface area contributed by atoms with Crippen LogP contribution in [0.5, 0.6) is 11.5 Å². The van der Waals surface area contributed by atoms with E-state index in [1.807, 2.05) is 6.07 Å². The van der Waals surface area contributed by atoms with Crippen molar-refractivity contribution in [1.82, 2.24) is 9.97 Å². The first-order valence-electron chi connectivity index (χ1n) is 7.57. The largest absolute Gasteiger partial charge is 0.493 e. The smallest absolute Gasteiger partial charge is 0.346 e. The summed E-state index contributed by atoms with van der Waals surface area (Å²) in [6.45, 7) is 1.51. The van der Waals surface area contributed by atoms with Crippen molar-refractivity contribution in [2.45, 2.75) is 18.2 Å². The molecule has 0 aliphatic carbocycles. The van der Waals surface area contributed by atoms with E-state index in [1.54, 1.807) is 6.26 Å². The van der Waals surface area contributed by atoms with Crippen molar-refractivity contribution in [3.05, 3.63) is 33.1 Å². The number of methoxy groups -OCH3 is 2. The van der Waals surface area contributed by atoms with Gasteiger partial charge in [-0.2, -0.15) is 5.26 Å². The van der Waals surface area contributed by atoms with Gasteiger partial charge in [-0.1, -0.05) is 23.4 Å². The molecule has 0 saturated heterocycles. The van der Waals surface area contributed by atoms with E-state index in [1.165, 1.54) is 45.0 Å². The van der Waals surface area contributed by atoms with Crippen LogP contribution in [-0.2, 0) is 9.53 Å². The fourth-order valence-corrected chi connectivity index (χ4v) is 2.86. The van der Waals surface area contributed by atoms with Crippen molar-refractivity contribution >= 4 is 29.3 Å². The molecule has 0 amide bonds. The maximum Gasteiger partial charge on any atom is 0.346 e. The van der Waals surface area contributed by atoms with E-state index in [2.05, 4.69) is 14.7 Å². The van der Waals surface area contributed by atoms with Gasteiger partial charge in [0.25, 0.3) is 5.56 Å². The molecular weight excluding hydrogens is 394 g/mol. The van der Waals surface area contributed by atoms with Gasteiger partial charge in [0.2, 0.25) is 0 Å². The van der Waals surface area contributed by atoms with Crippen LogP contribution in [0.3, 0.4) is 0 Å². The Balaban J connectivity index is 2.61. The number of hydrogen-bond acceptors (Lipinski definition) is 8. The van der Waals surface area contributed by atoms with Crippen LogP contribution in [0.4, 0.5) is 0 Å². The van der Waals surface area contributed by atoms with E-state index in [9.17, 15) is 14.9 Å². The lowest BCUT2D eigenvalue weighted by Gasteiger charge is -2.17. The minimum Gasteiger partial charge on any atom is -0.493 e. The summed E-state index contributed by atoms with van der Waals surface area (Å²) in [5, 5.41) is 9.80. The SMILES string of the molecule is COC(=O)C(C)Oc1c(Cl)cc(-c2nc(SC)[nH]c(=O)c2C#N)cc1OC. The van der Waals surface area contributed by atoms with Gasteiger partial charge >= 0.3 is 5.97 Å². The molecule has 2 aromatic rings. The first-order chi connectivity index (χ1) is 12.9. The fourth-order valence-electron chi connectivity index (χ4n) is 2.22. The molecule has 0 aliphatic heterocycles. The number of nitriles is 1. The van der Waals surface area contributed by atoms with Crippen molar-refractivity contribution in [2.24, 2.45) is 0 Å². The summed E-state index contributed by atoms with van der Waals surface area (Å²) < 4.78 is 15.5. The van der Waals surface area contributed by atoms with Gasteiger partial charge in [0.15, 0.2) is 22.8 Å². The number of carbonyl (C=O) groups is 1. The average molecular weight is 410 g/mol. The Bertz CT molecular complexity index is 970. The predicted octanol–water partition coefficient (Wildman–Crippen LogP) is 2.63. The second kappa shape index (κ2) is 8.79. The lowest BCUT2D eigenvalue weighted by atomic mass is 10.1. The zero-order valence-corrected chi connectivity index (χ0v) is 16.5. The maximum atomic E-state index is 12.1. The molecule has 0 saturated carbocycles. The summed E-state index contributed by atoms with van der Waals surface area (Å²) in [5.41, 5.74) is -0.143. The molecular formula is C17H16ClN3O5S. The Morgan fingerprint density at radius 1 is 1.41 bits per heavy atom. The summed E-state index contributed by atoms with van der Waals surface area (Å²) in [5.74, 6) is -0.232. The first-order valence-corrected chi connectivity index (χ1v) is 9.17. The van der Waals surface area contributed by atoms with E-state index in [0.717, 1.165) is 0 Å². The van der Waals surface area contributed by atoms with Crippen molar-refractivity contribution in [2.75, 3.05) is 20.5 Å². The van der Waals surface area contributed by atoms with Crippen LogP contribution in [0.15, 0.2) is 22.1 Å². The minimum atomic E-state index is -0.914. The van der Waals surface area contributed by atoms with Crippen molar-refractivity contribution in [1.29, 1.82) is 5.26 Å². The van der Waals surface area contributed by atoms with Crippen LogP contribution in [0, 0.1) is 11.3 Å². The lowest BCUT2D eigenvalue weighted by Crippen LogP contribution is -2.25. The molecule has 0 radical (unpaired) electrons. The molecule has 0 aliphatic rings. The minimum absolute atomic E-state index is 0.122. The fraction of sp³-hybridized carbons (Fsp3) is 0.294. The monoisotopic (exact) mass is 409 g/mol. The first kappa shape index (κ1) is 20.6. The highest BCUT2D eigenvalue weighted by atomic mass is 35.5. The van der Waals surface area contributed by atoms with Crippen LogP contribution >= 0.6 is 23.4 Å². The van der Waals surface area contributed by atoms with Crippen LogP contribution in [0.25, 0.3) is 11.3 Å². The molecule has 1 aromatic carbocycles. The number of ether oxygens (including phenoxy) is 3. The molecule has 1 atom stereocenters. The quantitative estimate of drug-likeness (QED) is 0.440. The predicted molar refractivity (Wildman–Crippen MR) is 100 cm³/mol. The summed E-state index contributed by atoms with van der Waals surface area (Å²) >= 11 is 7.53. The summed E-state index contributed by atoms with van der Waals surface area (Å²) in [4.78, 5) is 30.5. The Morgan fingerprint density at radius 2 is 2.11 bits per heavy atom. The van der Waals surface area contributed by atoms with Gasteiger partial charge in [-0.25, -0.2) is 9.78 Å². The van der Waals surface area contributed by atoms with Gasteiger partial charge in [0.05, 0.1) is 24.9 Å². The van der Waals surface area contributed by atoms with Gasteiger partial charge in [0.1, 0.15) is 11.6 Å². The van der Waals surface area contributed by atoms with Gasteiger partial charge in [-0.3, -0.25) is 4.79 Å². The lowest BCUT2D eigenvalue weighted by molar-refractivity contribution is -0.147. The Kier molecular flexibility index (Phi) is 6.71. The molecule has 1 aromatic heterocycles. The van der Waals surface area contributed by atoms with Gasteiger partial charge in [-0.05, 0) is 25.3 Å². The number of benzene rings is 1. The number of thioether (sulfide) groups is 1. The summed E-state index contributed by atoms with van der Waals surface area (Å²) in [6, 6.07) is 4.86. The number of H-pyrrole nitrogens is 1. The van der Waals surface area contributed by atoms with Gasteiger partial charge in [0, 0.05) is 5.56 Å². The second-order valence-corrected chi connectivity index (χ2v) is 6.39. The molecule has 1 heterocycles. The van der Waals surface area contributed by atoms with E-state index in [0.29, 0.717) is 10.7 Å². The Morgan fingerprint density at radius 3 is 2.67 bits per heavy atom. The number of nitrogens with one attached hydrogen (secondary N) is 1. The van der Waals surface area contributed by atoms with Crippen LogP contribution in [-0.4, -0.2) is 42.5 Å². The number of halogens is 1. The number of esters is 1. The zero-order chi connectivity index (χ0) is 20.1. The van der Waals surface area contributed by atoms with Crippen LogP contribution in [0.2, 0.25) is 5.02 Å². The number of rotatable bonds is 6. The second-order valence-electron chi connectivity index (χ2n) is 5.18. The molecule has 1 unspecified atom stereocenters. The normalized spacial score (nSPS) is 11.4. The maximum absolute atomic E-state index is 12.1. The van der Waals surface area contributed by atoms with Crippen LogP contribution in [0.1, 0.15) is 12.5 Å².